The molecule has 1 aromatic heterocycles. The predicted octanol–water partition coefficient (Wildman–Crippen LogP) is 3.34. The molecule has 0 amide bonds. The number of H-pyrrole nitrogens is 1. The van der Waals surface area contributed by atoms with Crippen LogP contribution in [0.15, 0.2) is 52.3 Å². The first-order valence-electron chi connectivity index (χ1n) is 7.75. The smallest absolute Gasteiger partial charge is 0.264 e. The minimum Gasteiger partial charge on any atom is -0.494 e. The maximum atomic E-state index is 12.2. The molecule has 0 aliphatic heterocycles. The van der Waals surface area contributed by atoms with Crippen molar-refractivity contribution >= 4 is 29.2 Å². The Morgan fingerprint density at radius 1 is 1.21 bits per heavy atom. The predicted molar refractivity (Wildman–Crippen MR) is 97.0 cm³/mol. The van der Waals surface area contributed by atoms with Crippen molar-refractivity contribution in [3.8, 4) is 11.6 Å². The lowest BCUT2D eigenvalue weighted by Gasteiger charge is -2.13. The standard InChI is InChI=1S/C18H15N3O2S/c22-16-14(10-19-12-8-9-12)17(23)21(18(24)20-16)15-7-3-5-11-4-1-2-6-13(11)15/h1-7,10,12,23H,8-9H2,(H,20,22,24). The van der Waals surface area contributed by atoms with E-state index < -0.39 is 5.56 Å². The molecular weight excluding hydrogens is 322 g/mol. The second-order valence-electron chi connectivity index (χ2n) is 5.84. The van der Waals surface area contributed by atoms with Gasteiger partial charge < -0.3 is 5.11 Å². The molecule has 0 spiro atoms. The van der Waals surface area contributed by atoms with E-state index in [4.69, 9.17) is 12.2 Å². The third-order valence-electron chi connectivity index (χ3n) is 4.09. The Balaban J connectivity index is 1.99. The van der Waals surface area contributed by atoms with Crippen LogP contribution in [0.4, 0.5) is 0 Å². The summed E-state index contributed by atoms with van der Waals surface area (Å²) < 4.78 is 1.63. The topological polar surface area (TPSA) is 70.4 Å². The summed E-state index contributed by atoms with van der Waals surface area (Å²) in [6, 6.07) is 13.8. The fraction of sp³-hybridized carbons (Fsp3) is 0.167. The summed E-state index contributed by atoms with van der Waals surface area (Å²) in [6.07, 6.45) is 3.50. The molecule has 120 valence electrons. The van der Waals surface area contributed by atoms with Gasteiger partial charge in [0.25, 0.3) is 5.56 Å². The number of nitrogens with zero attached hydrogens (tertiary/aromatic N) is 2. The number of aromatic amines is 1. The van der Waals surface area contributed by atoms with Crippen molar-refractivity contribution in [2.24, 2.45) is 4.99 Å². The van der Waals surface area contributed by atoms with E-state index in [1.54, 1.807) is 0 Å². The van der Waals surface area contributed by atoms with Crippen LogP contribution in [0.2, 0.25) is 0 Å². The molecule has 0 atom stereocenters. The van der Waals surface area contributed by atoms with Gasteiger partial charge in [0, 0.05) is 11.6 Å². The number of aromatic nitrogens is 2. The van der Waals surface area contributed by atoms with Gasteiger partial charge in [-0.1, -0.05) is 36.4 Å². The minimum absolute atomic E-state index is 0.128. The van der Waals surface area contributed by atoms with Gasteiger partial charge in [-0.2, -0.15) is 0 Å². The van der Waals surface area contributed by atoms with Gasteiger partial charge in [-0.15, -0.1) is 0 Å². The Hall–Kier alpha value is -2.73. The van der Waals surface area contributed by atoms with Crippen molar-refractivity contribution in [1.29, 1.82) is 0 Å². The van der Waals surface area contributed by atoms with Gasteiger partial charge in [0.15, 0.2) is 4.77 Å². The maximum Gasteiger partial charge on any atom is 0.264 e. The van der Waals surface area contributed by atoms with Gasteiger partial charge >= 0.3 is 0 Å². The molecule has 2 aromatic carbocycles. The number of benzene rings is 2. The average Bonchev–Trinajstić information content (AvgIpc) is 3.39. The summed E-state index contributed by atoms with van der Waals surface area (Å²) in [4.78, 5) is 19.1. The Bertz CT molecular complexity index is 1070. The summed E-state index contributed by atoms with van der Waals surface area (Å²) in [5, 5.41) is 12.6. The Morgan fingerprint density at radius 2 is 1.96 bits per heavy atom. The molecule has 0 radical (unpaired) electrons. The van der Waals surface area contributed by atoms with Crippen molar-refractivity contribution < 1.29 is 5.11 Å². The van der Waals surface area contributed by atoms with Crippen LogP contribution in [0.5, 0.6) is 5.88 Å². The lowest BCUT2D eigenvalue weighted by Crippen LogP contribution is -2.18. The van der Waals surface area contributed by atoms with E-state index >= 15 is 0 Å². The maximum absolute atomic E-state index is 12.2. The highest BCUT2D eigenvalue weighted by Crippen LogP contribution is 2.27. The van der Waals surface area contributed by atoms with Crippen molar-refractivity contribution in [1.82, 2.24) is 9.55 Å². The average molecular weight is 337 g/mol. The van der Waals surface area contributed by atoms with Gasteiger partial charge in [-0.3, -0.25) is 19.3 Å². The van der Waals surface area contributed by atoms with Crippen molar-refractivity contribution in [2.75, 3.05) is 0 Å². The zero-order chi connectivity index (χ0) is 16.7. The van der Waals surface area contributed by atoms with E-state index in [1.165, 1.54) is 10.8 Å². The molecule has 0 saturated heterocycles. The van der Waals surface area contributed by atoms with E-state index in [0.717, 1.165) is 23.6 Å². The van der Waals surface area contributed by atoms with Gasteiger partial charge in [0.2, 0.25) is 5.88 Å². The molecule has 0 unspecified atom stereocenters. The summed E-state index contributed by atoms with van der Waals surface area (Å²) in [5.74, 6) is -0.190. The van der Waals surface area contributed by atoms with Gasteiger partial charge in [0.05, 0.1) is 11.7 Å². The number of aliphatic imine (C=N–C) groups is 1. The lowest BCUT2D eigenvalue weighted by molar-refractivity contribution is 0.433. The largest absolute Gasteiger partial charge is 0.494 e. The number of fused-ring (bicyclic) bond motifs is 1. The minimum atomic E-state index is -0.432. The van der Waals surface area contributed by atoms with Gasteiger partial charge in [0.1, 0.15) is 5.56 Å². The van der Waals surface area contributed by atoms with E-state index in [9.17, 15) is 9.90 Å². The van der Waals surface area contributed by atoms with Gasteiger partial charge in [-0.05, 0) is 36.5 Å². The summed E-state index contributed by atoms with van der Waals surface area (Å²) in [5.41, 5.74) is 0.412. The summed E-state index contributed by atoms with van der Waals surface area (Å²) >= 11 is 5.28. The summed E-state index contributed by atoms with van der Waals surface area (Å²) in [6.45, 7) is 0. The SMILES string of the molecule is O=c1[nH]c(=S)n(-c2cccc3ccccc23)c(O)c1C=NC1CC1. The molecule has 24 heavy (non-hydrogen) atoms. The van der Waals surface area contributed by atoms with Gasteiger partial charge in [-0.25, -0.2) is 0 Å². The first-order chi connectivity index (χ1) is 11.6. The quantitative estimate of drug-likeness (QED) is 0.569. The fourth-order valence-electron chi connectivity index (χ4n) is 2.69. The molecule has 1 aliphatic carbocycles. The van der Waals surface area contributed by atoms with Crippen LogP contribution in [0.25, 0.3) is 16.5 Å². The van der Waals surface area contributed by atoms with Crippen LogP contribution in [0.3, 0.4) is 0 Å². The molecule has 1 fully saturated rings. The summed E-state index contributed by atoms with van der Waals surface area (Å²) in [7, 11) is 0. The zero-order valence-corrected chi connectivity index (χ0v) is 13.6. The monoisotopic (exact) mass is 337 g/mol. The molecule has 6 heteroatoms. The van der Waals surface area contributed by atoms with Crippen LogP contribution in [-0.4, -0.2) is 26.9 Å². The lowest BCUT2D eigenvalue weighted by atomic mass is 10.1. The highest BCUT2D eigenvalue weighted by Gasteiger charge is 2.20. The molecule has 1 saturated carbocycles. The van der Waals surface area contributed by atoms with Crippen LogP contribution in [0.1, 0.15) is 18.4 Å². The van der Waals surface area contributed by atoms with Crippen molar-refractivity contribution in [2.45, 2.75) is 18.9 Å². The molecular formula is C18H15N3O2S. The van der Waals surface area contributed by atoms with E-state index in [-0.39, 0.29) is 22.3 Å². The molecule has 4 rings (SSSR count). The normalized spacial score (nSPS) is 14.5. The number of hydrogen-bond acceptors (Lipinski definition) is 4. The fourth-order valence-corrected chi connectivity index (χ4v) is 2.96. The third kappa shape index (κ3) is 2.55. The Kier molecular flexibility index (Phi) is 3.54. The molecule has 1 heterocycles. The zero-order valence-electron chi connectivity index (χ0n) is 12.8. The second kappa shape index (κ2) is 5.72. The van der Waals surface area contributed by atoms with Crippen molar-refractivity contribution in [3.05, 3.63) is 63.2 Å². The number of rotatable bonds is 3. The molecule has 2 N–H and O–H groups in total. The van der Waals surface area contributed by atoms with Crippen LogP contribution < -0.4 is 5.56 Å². The van der Waals surface area contributed by atoms with E-state index in [0.29, 0.717) is 5.69 Å². The van der Waals surface area contributed by atoms with E-state index in [1.807, 2.05) is 42.5 Å². The molecule has 1 aliphatic rings. The highest BCUT2D eigenvalue weighted by atomic mass is 32.1. The van der Waals surface area contributed by atoms with E-state index in [2.05, 4.69) is 9.98 Å². The van der Waals surface area contributed by atoms with Crippen LogP contribution in [-0.2, 0) is 0 Å². The molecule has 5 nitrogen and oxygen atoms in total. The number of hydrogen-bond donors (Lipinski definition) is 2. The second-order valence-corrected chi connectivity index (χ2v) is 6.23. The first kappa shape index (κ1) is 14.8. The molecule has 0 bridgehead atoms. The highest BCUT2D eigenvalue weighted by molar-refractivity contribution is 7.71. The Morgan fingerprint density at radius 3 is 2.75 bits per heavy atom. The molecule has 3 aromatic rings. The third-order valence-corrected chi connectivity index (χ3v) is 4.37. The number of aromatic hydroxyl groups is 1. The van der Waals surface area contributed by atoms with Crippen molar-refractivity contribution in [3.63, 3.8) is 0 Å². The van der Waals surface area contributed by atoms with Crippen LogP contribution >= 0.6 is 12.2 Å². The van der Waals surface area contributed by atoms with Crippen LogP contribution in [0, 0.1) is 4.77 Å². The number of nitrogens with one attached hydrogen (secondary N) is 1. The Labute approximate surface area is 142 Å². The first-order valence-corrected chi connectivity index (χ1v) is 8.15.